The largest absolute Gasteiger partial charge is 0.394 e. The zero-order valence-electron chi connectivity index (χ0n) is 12.6. The molecule has 0 radical (unpaired) electrons. The molecule has 0 aromatic rings. The maximum absolute atomic E-state index is 9.23. The number of rotatable bonds is 1. The van der Waals surface area contributed by atoms with E-state index in [2.05, 4.69) is 0 Å². The second-order valence-electron chi connectivity index (χ2n) is 5.62. The van der Waals surface area contributed by atoms with Crippen molar-refractivity contribution in [3.05, 3.63) is 0 Å². The van der Waals surface area contributed by atoms with Crippen molar-refractivity contribution in [1.29, 1.82) is 0 Å². The standard InChI is InChI=1S/C7H14O5.C6H12O4/c1-3-5(9)7(11)6(10)4(2-8)12-3;1-3-5(8)6(9)4(7)2-10-3/h3-11H,2H2,1H3;3-9H,2H2,1H3. The molecule has 2 aliphatic heterocycles. The molecule has 132 valence electrons. The molecule has 2 fully saturated rings. The molecular formula is C13H26O9. The summed E-state index contributed by atoms with van der Waals surface area (Å²) in [5, 5.41) is 63.4. The fraction of sp³-hybridized carbons (Fsp3) is 1.00. The maximum atomic E-state index is 9.23. The summed E-state index contributed by atoms with van der Waals surface area (Å²) in [6.45, 7) is 2.96. The van der Waals surface area contributed by atoms with E-state index >= 15 is 0 Å². The van der Waals surface area contributed by atoms with Crippen LogP contribution in [0.3, 0.4) is 0 Å². The Morgan fingerprint density at radius 3 is 1.82 bits per heavy atom. The number of hydrogen-bond acceptors (Lipinski definition) is 9. The van der Waals surface area contributed by atoms with E-state index in [1.807, 2.05) is 0 Å². The van der Waals surface area contributed by atoms with Gasteiger partial charge in [0.15, 0.2) is 0 Å². The molecule has 2 saturated heterocycles. The number of aliphatic hydroxyl groups excluding tert-OH is 7. The summed E-state index contributed by atoms with van der Waals surface area (Å²) in [5.41, 5.74) is 0. The number of hydrogen-bond donors (Lipinski definition) is 7. The third kappa shape index (κ3) is 4.57. The van der Waals surface area contributed by atoms with Crippen LogP contribution in [0.25, 0.3) is 0 Å². The molecule has 9 unspecified atom stereocenters. The topological polar surface area (TPSA) is 160 Å². The Kier molecular flexibility index (Phi) is 7.59. The van der Waals surface area contributed by atoms with Gasteiger partial charge in [0.1, 0.15) is 42.7 Å². The summed E-state index contributed by atoms with van der Waals surface area (Å²) in [6.07, 6.45) is -8.31. The first-order valence-corrected chi connectivity index (χ1v) is 7.17. The maximum Gasteiger partial charge on any atom is 0.111 e. The van der Waals surface area contributed by atoms with E-state index in [9.17, 15) is 15.3 Å². The predicted molar refractivity (Wildman–Crippen MR) is 72.9 cm³/mol. The van der Waals surface area contributed by atoms with Gasteiger partial charge >= 0.3 is 0 Å². The number of aliphatic hydroxyl groups is 7. The fourth-order valence-electron chi connectivity index (χ4n) is 2.24. The van der Waals surface area contributed by atoms with Crippen molar-refractivity contribution in [3.63, 3.8) is 0 Å². The van der Waals surface area contributed by atoms with Crippen LogP contribution >= 0.6 is 0 Å². The Bertz CT molecular complexity index is 310. The Labute approximate surface area is 128 Å². The molecule has 0 bridgehead atoms. The first-order valence-electron chi connectivity index (χ1n) is 7.17. The minimum Gasteiger partial charge on any atom is -0.394 e. The van der Waals surface area contributed by atoms with Crippen LogP contribution in [-0.2, 0) is 9.47 Å². The normalized spacial score (nSPS) is 49.2. The molecule has 9 nitrogen and oxygen atoms in total. The van der Waals surface area contributed by atoms with Crippen molar-refractivity contribution >= 4 is 0 Å². The van der Waals surface area contributed by atoms with Gasteiger partial charge in [-0.15, -0.1) is 0 Å². The predicted octanol–water partition coefficient (Wildman–Crippen LogP) is -3.66. The van der Waals surface area contributed by atoms with Gasteiger partial charge in [0.05, 0.1) is 25.4 Å². The van der Waals surface area contributed by atoms with Crippen LogP contribution in [0.5, 0.6) is 0 Å². The van der Waals surface area contributed by atoms with Crippen molar-refractivity contribution in [1.82, 2.24) is 0 Å². The molecular weight excluding hydrogens is 300 g/mol. The van der Waals surface area contributed by atoms with Gasteiger partial charge < -0.3 is 45.2 Å². The van der Waals surface area contributed by atoms with Gasteiger partial charge in [-0.05, 0) is 13.8 Å². The molecule has 0 saturated carbocycles. The Balaban J connectivity index is 0.000000224. The smallest absolute Gasteiger partial charge is 0.111 e. The summed E-state index contributed by atoms with van der Waals surface area (Å²) in [5.74, 6) is 0. The molecule has 2 heterocycles. The van der Waals surface area contributed by atoms with Crippen molar-refractivity contribution in [3.8, 4) is 0 Å². The van der Waals surface area contributed by atoms with Gasteiger partial charge in [-0.2, -0.15) is 0 Å². The zero-order chi connectivity index (χ0) is 17.0. The highest BCUT2D eigenvalue weighted by Gasteiger charge is 2.41. The van der Waals surface area contributed by atoms with E-state index in [-0.39, 0.29) is 13.2 Å². The first-order chi connectivity index (χ1) is 10.2. The zero-order valence-corrected chi connectivity index (χ0v) is 12.6. The van der Waals surface area contributed by atoms with Crippen molar-refractivity contribution in [2.45, 2.75) is 68.8 Å². The highest BCUT2D eigenvalue weighted by molar-refractivity contribution is 4.90. The molecule has 0 aromatic carbocycles. The van der Waals surface area contributed by atoms with Crippen molar-refractivity contribution in [2.75, 3.05) is 13.2 Å². The van der Waals surface area contributed by atoms with Crippen molar-refractivity contribution < 1.29 is 45.2 Å². The molecule has 0 aromatic heterocycles. The summed E-state index contributed by atoms with van der Waals surface area (Å²) in [4.78, 5) is 0. The summed E-state index contributed by atoms with van der Waals surface area (Å²) in [7, 11) is 0. The molecule has 0 amide bonds. The van der Waals surface area contributed by atoms with Gasteiger partial charge in [-0.25, -0.2) is 0 Å². The second-order valence-corrected chi connectivity index (χ2v) is 5.62. The van der Waals surface area contributed by atoms with Crippen LogP contribution in [0, 0.1) is 0 Å². The van der Waals surface area contributed by atoms with Gasteiger partial charge in [0.25, 0.3) is 0 Å². The van der Waals surface area contributed by atoms with Crippen LogP contribution in [0.4, 0.5) is 0 Å². The van der Waals surface area contributed by atoms with E-state index in [4.69, 9.17) is 29.9 Å². The van der Waals surface area contributed by atoms with Crippen LogP contribution in [0.15, 0.2) is 0 Å². The lowest BCUT2D eigenvalue weighted by molar-refractivity contribution is -0.224. The molecule has 9 heteroatoms. The summed E-state index contributed by atoms with van der Waals surface area (Å²) < 4.78 is 9.93. The van der Waals surface area contributed by atoms with Gasteiger partial charge in [0, 0.05) is 0 Å². The highest BCUT2D eigenvalue weighted by atomic mass is 16.5. The Hall–Kier alpha value is -0.360. The monoisotopic (exact) mass is 326 g/mol. The van der Waals surface area contributed by atoms with Crippen LogP contribution in [0.1, 0.15) is 13.8 Å². The third-order valence-electron chi connectivity index (χ3n) is 3.89. The molecule has 0 aliphatic carbocycles. The average Bonchev–Trinajstić information content (AvgIpc) is 2.51. The van der Waals surface area contributed by atoms with Crippen LogP contribution < -0.4 is 0 Å². The lowest BCUT2D eigenvalue weighted by atomic mass is 9.96. The molecule has 9 atom stereocenters. The number of ether oxygens (including phenoxy) is 2. The van der Waals surface area contributed by atoms with E-state index in [1.54, 1.807) is 13.8 Å². The van der Waals surface area contributed by atoms with Gasteiger partial charge in [-0.1, -0.05) is 0 Å². The SMILES string of the molecule is CC1OC(CO)C(O)C(O)C1O.CC1OCC(O)C(O)C1O. The van der Waals surface area contributed by atoms with E-state index in [0.717, 1.165) is 0 Å². The molecule has 22 heavy (non-hydrogen) atoms. The summed E-state index contributed by atoms with van der Waals surface area (Å²) in [6, 6.07) is 0. The van der Waals surface area contributed by atoms with E-state index < -0.39 is 54.9 Å². The Morgan fingerprint density at radius 1 is 0.773 bits per heavy atom. The quantitative estimate of drug-likeness (QED) is 0.258. The van der Waals surface area contributed by atoms with Gasteiger partial charge in [-0.3, -0.25) is 0 Å². The molecule has 7 N–H and O–H groups in total. The molecule has 2 aliphatic rings. The molecule has 2 rings (SSSR count). The highest BCUT2D eigenvalue weighted by Crippen LogP contribution is 2.20. The van der Waals surface area contributed by atoms with Crippen LogP contribution in [0.2, 0.25) is 0 Å². The minimum atomic E-state index is -1.24. The minimum absolute atomic E-state index is 0.0966. The fourth-order valence-corrected chi connectivity index (χ4v) is 2.24. The molecule has 0 spiro atoms. The van der Waals surface area contributed by atoms with Crippen LogP contribution in [-0.4, -0.2) is 104 Å². The lowest BCUT2D eigenvalue weighted by Crippen LogP contribution is -2.57. The first kappa shape index (κ1) is 19.7. The second kappa shape index (κ2) is 8.48. The van der Waals surface area contributed by atoms with Gasteiger partial charge in [0.2, 0.25) is 0 Å². The summed E-state index contributed by atoms with van der Waals surface area (Å²) >= 11 is 0. The van der Waals surface area contributed by atoms with E-state index in [1.165, 1.54) is 0 Å². The van der Waals surface area contributed by atoms with Crippen molar-refractivity contribution in [2.24, 2.45) is 0 Å². The lowest BCUT2D eigenvalue weighted by Gasteiger charge is -2.38. The van der Waals surface area contributed by atoms with E-state index in [0.29, 0.717) is 0 Å². The third-order valence-corrected chi connectivity index (χ3v) is 3.89. The Morgan fingerprint density at radius 2 is 1.32 bits per heavy atom. The average molecular weight is 326 g/mol.